The molecule has 0 bridgehead atoms. The van der Waals surface area contributed by atoms with Gasteiger partial charge >= 0.3 is 5.69 Å². The van der Waals surface area contributed by atoms with E-state index in [1.807, 2.05) is 30.9 Å². The number of aromatic nitrogens is 2. The number of rotatable bonds is 4. The molecule has 2 aliphatic rings. The predicted octanol–water partition coefficient (Wildman–Crippen LogP) is 2.42. The van der Waals surface area contributed by atoms with E-state index in [1.54, 1.807) is 7.11 Å². The van der Waals surface area contributed by atoms with Gasteiger partial charge in [0.1, 0.15) is 11.4 Å². The maximum atomic E-state index is 12.9. The molecule has 1 aromatic heterocycles. The molecule has 7 heteroatoms. The van der Waals surface area contributed by atoms with Gasteiger partial charge in [0.2, 0.25) is 5.91 Å². The molecule has 1 N–H and O–H groups in total. The van der Waals surface area contributed by atoms with Gasteiger partial charge in [0, 0.05) is 36.5 Å². The van der Waals surface area contributed by atoms with Gasteiger partial charge in [0.25, 0.3) is 0 Å². The number of piperidine rings is 1. The lowest BCUT2D eigenvalue weighted by molar-refractivity contribution is -0.140. The number of amides is 1. The molecule has 1 aromatic carbocycles. The van der Waals surface area contributed by atoms with E-state index in [2.05, 4.69) is 16.0 Å². The lowest BCUT2D eigenvalue weighted by Crippen LogP contribution is -2.48. The molecule has 4 rings (SSSR count). The summed E-state index contributed by atoms with van der Waals surface area (Å²) in [6, 6.07) is 6.18. The molecule has 0 radical (unpaired) electrons. The summed E-state index contributed by atoms with van der Waals surface area (Å²) >= 11 is 0. The van der Waals surface area contributed by atoms with Gasteiger partial charge in [-0.05, 0) is 56.7 Å². The molecule has 1 fully saturated rings. The first kappa shape index (κ1) is 20.6. The third kappa shape index (κ3) is 3.74. The van der Waals surface area contributed by atoms with Crippen molar-refractivity contribution in [1.82, 2.24) is 14.9 Å². The first-order valence-corrected chi connectivity index (χ1v) is 10.6. The molecule has 3 heterocycles. The molecule has 1 amide bonds. The second kappa shape index (κ2) is 8.22. The first-order chi connectivity index (χ1) is 14.4. The molecule has 2 aliphatic heterocycles. The van der Waals surface area contributed by atoms with Crippen LogP contribution in [0.4, 0.5) is 0 Å². The minimum absolute atomic E-state index is 0.130. The largest absolute Gasteiger partial charge is 0.496 e. The highest BCUT2D eigenvalue weighted by molar-refractivity contribution is 5.76. The number of aromatic amines is 1. The zero-order valence-corrected chi connectivity index (χ0v) is 17.9. The number of benzene rings is 1. The zero-order chi connectivity index (χ0) is 21.3. The molecule has 30 heavy (non-hydrogen) atoms. The van der Waals surface area contributed by atoms with Crippen molar-refractivity contribution in [3.63, 3.8) is 0 Å². The number of hydrogen-bond donors (Lipinski definition) is 1. The number of H-pyrrole nitrogens is 1. The number of carbonyl (C=O) groups is 1. The third-order valence-electron chi connectivity index (χ3n) is 6.50. The van der Waals surface area contributed by atoms with Gasteiger partial charge in [-0.1, -0.05) is 12.1 Å². The van der Waals surface area contributed by atoms with E-state index >= 15 is 0 Å². The highest BCUT2D eigenvalue weighted by atomic mass is 16.5. The predicted molar refractivity (Wildman–Crippen MR) is 113 cm³/mol. The minimum Gasteiger partial charge on any atom is -0.496 e. The molecule has 1 saturated heterocycles. The van der Waals surface area contributed by atoms with Crippen LogP contribution >= 0.6 is 0 Å². The van der Waals surface area contributed by atoms with Crippen molar-refractivity contribution in [2.24, 2.45) is 0 Å². The van der Waals surface area contributed by atoms with Crippen LogP contribution < -0.4 is 10.4 Å². The molecular formula is C23H29N3O4. The van der Waals surface area contributed by atoms with Crippen LogP contribution in [0.5, 0.6) is 5.75 Å². The monoisotopic (exact) mass is 411 g/mol. The summed E-state index contributed by atoms with van der Waals surface area (Å²) in [5, 5.41) is 0. The Labute approximate surface area is 176 Å². The molecule has 0 saturated carbocycles. The summed E-state index contributed by atoms with van der Waals surface area (Å²) in [5.74, 6) is 1.01. The summed E-state index contributed by atoms with van der Waals surface area (Å²) in [5.41, 5.74) is 4.18. The fourth-order valence-corrected chi connectivity index (χ4v) is 4.93. The number of ether oxygens (including phenoxy) is 2. The maximum absolute atomic E-state index is 12.9. The van der Waals surface area contributed by atoms with Crippen molar-refractivity contribution in [1.29, 1.82) is 0 Å². The van der Waals surface area contributed by atoms with Crippen LogP contribution in [-0.4, -0.2) is 47.6 Å². The Morgan fingerprint density at radius 2 is 2.07 bits per heavy atom. The quantitative estimate of drug-likeness (QED) is 0.835. The second-order valence-corrected chi connectivity index (χ2v) is 8.20. The zero-order valence-electron chi connectivity index (χ0n) is 17.9. The summed E-state index contributed by atoms with van der Waals surface area (Å²) in [6.07, 6.45) is 3.41. The van der Waals surface area contributed by atoms with E-state index in [9.17, 15) is 9.59 Å². The highest BCUT2D eigenvalue weighted by Gasteiger charge is 2.43. The normalized spacial score (nSPS) is 17.6. The molecule has 2 aromatic rings. The van der Waals surface area contributed by atoms with Gasteiger partial charge < -0.3 is 19.4 Å². The topological polar surface area (TPSA) is 84.5 Å². The molecule has 1 spiro atoms. The van der Waals surface area contributed by atoms with Crippen LogP contribution in [0, 0.1) is 13.8 Å². The van der Waals surface area contributed by atoms with E-state index in [4.69, 9.17) is 9.47 Å². The fraction of sp³-hybridized carbons (Fsp3) is 0.522. The summed E-state index contributed by atoms with van der Waals surface area (Å²) in [7, 11) is 1.70. The Morgan fingerprint density at radius 1 is 1.30 bits per heavy atom. The van der Waals surface area contributed by atoms with Crippen molar-refractivity contribution in [2.75, 3.05) is 26.8 Å². The first-order valence-electron chi connectivity index (χ1n) is 10.6. The van der Waals surface area contributed by atoms with Crippen LogP contribution in [0.3, 0.4) is 0 Å². The van der Waals surface area contributed by atoms with Gasteiger partial charge in [0.05, 0.1) is 13.7 Å². The van der Waals surface area contributed by atoms with Crippen LogP contribution in [-0.2, 0) is 28.0 Å². The minimum atomic E-state index is -0.368. The Hall–Kier alpha value is -2.67. The van der Waals surface area contributed by atoms with E-state index in [0.717, 1.165) is 41.8 Å². The van der Waals surface area contributed by atoms with Crippen molar-refractivity contribution < 1.29 is 14.3 Å². The Kier molecular flexibility index (Phi) is 5.64. The van der Waals surface area contributed by atoms with E-state index in [0.29, 0.717) is 38.2 Å². The Balaban J connectivity index is 1.44. The summed E-state index contributed by atoms with van der Waals surface area (Å²) < 4.78 is 12.0. The van der Waals surface area contributed by atoms with Crippen LogP contribution in [0.15, 0.2) is 23.0 Å². The molecule has 160 valence electrons. The van der Waals surface area contributed by atoms with E-state index in [1.165, 1.54) is 5.56 Å². The number of nitrogens with zero attached hydrogens (tertiary/aromatic N) is 2. The van der Waals surface area contributed by atoms with E-state index < -0.39 is 0 Å². The Morgan fingerprint density at radius 3 is 2.77 bits per heavy atom. The number of nitrogens with one attached hydrogen (secondary N) is 1. The van der Waals surface area contributed by atoms with Gasteiger partial charge in [-0.15, -0.1) is 0 Å². The standard InChI is InChI=1S/C23H29N3O4/c1-15-18(16(2)25-22(28)24-15)7-8-20(27)26-12-10-23(11-13-26)21-17(9-14-30-23)5-4-6-19(21)29-3/h4-6H,7-14H2,1-3H3,(H,24,25,28). The highest BCUT2D eigenvalue weighted by Crippen LogP contribution is 2.45. The lowest BCUT2D eigenvalue weighted by atomic mass is 9.78. The van der Waals surface area contributed by atoms with Crippen molar-refractivity contribution in [3.05, 3.63) is 56.8 Å². The number of hydrogen-bond acceptors (Lipinski definition) is 5. The van der Waals surface area contributed by atoms with Crippen molar-refractivity contribution >= 4 is 5.91 Å². The number of carbonyl (C=O) groups excluding carboxylic acids is 1. The summed E-state index contributed by atoms with van der Waals surface area (Å²) in [6.45, 7) is 5.70. The molecule has 7 nitrogen and oxygen atoms in total. The van der Waals surface area contributed by atoms with Crippen molar-refractivity contribution in [2.45, 2.75) is 51.6 Å². The number of fused-ring (bicyclic) bond motifs is 2. The molecule has 0 aliphatic carbocycles. The van der Waals surface area contributed by atoms with Crippen LogP contribution in [0.25, 0.3) is 0 Å². The van der Waals surface area contributed by atoms with Crippen LogP contribution in [0.2, 0.25) is 0 Å². The van der Waals surface area contributed by atoms with Gasteiger partial charge in [-0.2, -0.15) is 4.98 Å². The average Bonchev–Trinajstić information content (AvgIpc) is 2.73. The SMILES string of the molecule is COc1cccc2c1C1(CCN(C(=O)CCc3c(C)nc(=O)[nH]c3C)CC1)OCC2. The average molecular weight is 412 g/mol. The van der Waals surface area contributed by atoms with Gasteiger partial charge in [-0.25, -0.2) is 4.79 Å². The fourth-order valence-electron chi connectivity index (χ4n) is 4.93. The van der Waals surface area contributed by atoms with Crippen molar-refractivity contribution in [3.8, 4) is 5.75 Å². The third-order valence-corrected chi connectivity index (χ3v) is 6.50. The number of aryl methyl sites for hydroxylation is 2. The van der Waals surface area contributed by atoms with E-state index in [-0.39, 0.29) is 17.2 Å². The van der Waals surface area contributed by atoms with Crippen LogP contribution in [0.1, 0.15) is 47.3 Å². The molecule has 0 unspecified atom stereocenters. The molecular weight excluding hydrogens is 382 g/mol. The smallest absolute Gasteiger partial charge is 0.345 e. The van der Waals surface area contributed by atoms with Gasteiger partial charge in [-0.3, -0.25) is 4.79 Å². The number of methoxy groups -OCH3 is 1. The second-order valence-electron chi connectivity index (χ2n) is 8.20. The Bertz CT molecular complexity index is 965. The van der Waals surface area contributed by atoms with Gasteiger partial charge in [0.15, 0.2) is 0 Å². The lowest BCUT2D eigenvalue weighted by Gasteiger charge is -2.45. The molecule has 0 atom stereocenters. The maximum Gasteiger partial charge on any atom is 0.345 e. The number of likely N-dealkylation sites (tertiary alicyclic amines) is 1. The summed E-state index contributed by atoms with van der Waals surface area (Å²) in [4.78, 5) is 32.9.